The highest BCUT2D eigenvalue weighted by molar-refractivity contribution is 9.08. The Hall–Kier alpha value is -0.610. The third-order valence-electron chi connectivity index (χ3n) is 4.37. The molecule has 0 aromatic heterocycles. The molecular formula is C16H20BrFO2. The molecule has 0 bridgehead atoms. The molecular weight excluding hydrogens is 323 g/mol. The number of halogens is 2. The number of alkyl halides is 1. The van der Waals surface area contributed by atoms with Crippen LogP contribution in [0.3, 0.4) is 0 Å². The highest BCUT2D eigenvalue weighted by Gasteiger charge is 2.42. The van der Waals surface area contributed by atoms with Gasteiger partial charge in [-0.15, -0.1) is 0 Å². The summed E-state index contributed by atoms with van der Waals surface area (Å²) in [5.74, 6) is 0.340. The van der Waals surface area contributed by atoms with Crippen molar-refractivity contribution in [1.29, 1.82) is 0 Å². The Morgan fingerprint density at radius 3 is 2.80 bits per heavy atom. The smallest absolute Gasteiger partial charge is 0.127 e. The summed E-state index contributed by atoms with van der Waals surface area (Å²) in [6.45, 7) is 0.521. The Morgan fingerprint density at radius 1 is 1.25 bits per heavy atom. The summed E-state index contributed by atoms with van der Waals surface area (Å²) in [6, 6.07) is 4.83. The molecule has 1 aromatic rings. The van der Waals surface area contributed by atoms with Crippen LogP contribution >= 0.6 is 15.9 Å². The summed E-state index contributed by atoms with van der Waals surface area (Å²) < 4.78 is 25.3. The van der Waals surface area contributed by atoms with Crippen LogP contribution in [0.1, 0.15) is 44.1 Å². The topological polar surface area (TPSA) is 18.5 Å². The van der Waals surface area contributed by atoms with Gasteiger partial charge in [-0.1, -0.05) is 28.8 Å². The monoisotopic (exact) mass is 342 g/mol. The van der Waals surface area contributed by atoms with E-state index in [4.69, 9.17) is 9.47 Å². The Labute approximate surface area is 127 Å². The van der Waals surface area contributed by atoms with Crippen LogP contribution in [0.25, 0.3) is 0 Å². The van der Waals surface area contributed by atoms with Crippen molar-refractivity contribution < 1.29 is 13.9 Å². The van der Waals surface area contributed by atoms with Gasteiger partial charge in [-0.2, -0.15) is 0 Å². The molecule has 110 valence electrons. The van der Waals surface area contributed by atoms with Crippen molar-refractivity contribution in [2.24, 2.45) is 0 Å². The minimum absolute atomic E-state index is 0.136. The molecule has 0 N–H and O–H groups in total. The average Bonchev–Trinajstić information content (AvgIpc) is 3.07. The van der Waals surface area contributed by atoms with Gasteiger partial charge in [0.05, 0.1) is 11.7 Å². The van der Waals surface area contributed by atoms with Crippen LogP contribution in [0.4, 0.5) is 4.39 Å². The van der Waals surface area contributed by atoms with Crippen LogP contribution in [0.15, 0.2) is 18.2 Å². The fourth-order valence-electron chi connectivity index (χ4n) is 3.37. The Balaban J connectivity index is 1.56. The summed E-state index contributed by atoms with van der Waals surface area (Å²) >= 11 is 3.34. The third-order valence-corrected chi connectivity index (χ3v) is 5.02. The number of rotatable bonds is 4. The zero-order valence-electron chi connectivity index (χ0n) is 11.5. The molecule has 1 aromatic carbocycles. The van der Waals surface area contributed by atoms with Crippen molar-refractivity contribution in [2.45, 2.75) is 55.6 Å². The number of hydrogen-bond donors (Lipinski definition) is 0. The zero-order chi connectivity index (χ0) is 14.0. The van der Waals surface area contributed by atoms with Gasteiger partial charge in [0, 0.05) is 11.4 Å². The van der Waals surface area contributed by atoms with Crippen molar-refractivity contribution in [1.82, 2.24) is 0 Å². The molecule has 1 saturated heterocycles. The lowest BCUT2D eigenvalue weighted by Gasteiger charge is -2.23. The molecule has 1 atom stereocenters. The Morgan fingerprint density at radius 2 is 2.05 bits per heavy atom. The summed E-state index contributed by atoms with van der Waals surface area (Å²) in [4.78, 5) is 0. The molecule has 3 rings (SSSR count). The first-order chi connectivity index (χ1) is 9.69. The van der Waals surface area contributed by atoms with Crippen molar-refractivity contribution in [3.8, 4) is 5.75 Å². The first kappa shape index (κ1) is 14.3. The maximum absolute atomic E-state index is 13.4. The SMILES string of the molecule is Fc1cc(CBr)cc(OCC2CCC3(CCCC3)O2)c1. The summed E-state index contributed by atoms with van der Waals surface area (Å²) in [6.07, 6.45) is 7.31. The Bertz CT molecular complexity index is 472. The minimum Gasteiger partial charge on any atom is -0.491 e. The van der Waals surface area contributed by atoms with E-state index >= 15 is 0 Å². The summed E-state index contributed by atoms with van der Waals surface area (Å²) in [5.41, 5.74) is 1.02. The van der Waals surface area contributed by atoms with E-state index in [1.165, 1.54) is 37.8 Å². The predicted molar refractivity (Wildman–Crippen MR) is 79.8 cm³/mol. The molecule has 1 saturated carbocycles. The second kappa shape index (κ2) is 6.02. The maximum atomic E-state index is 13.4. The molecule has 20 heavy (non-hydrogen) atoms. The number of hydrogen-bond acceptors (Lipinski definition) is 2. The van der Waals surface area contributed by atoms with Gasteiger partial charge < -0.3 is 9.47 Å². The van der Waals surface area contributed by atoms with E-state index in [1.807, 2.05) is 6.07 Å². The zero-order valence-corrected chi connectivity index (χ0v) is 13.1. The summed E-state index contributed by atoms with van der Waals surface area (Å²) in [5, 5.41) is 0.629. The van der Waals surface area contributed by atoms with Crippen LogP contribution in [-0.2, 0) is 10.1 Å². The molecule has 1 aliphatic carbocycles. The van der Waals surface area contributed by atoms with Crippen molar-refractivity contribution in [3.05, 3.63) is 29.6 Å². The molecule has 2 fully saturated rings. The van der Waals surface area contributed by atoms with Crippen LogP contribution in [0, 0.1) is 5.82 Å². The molecule has 2 aliphatic rings. The average molecular weight is 343 g/mol. The number of benzene rings is 1. The van der Waals surface area contributed by atoms with Gasteiger partial charge in [-0.3, -0.25) is 0 Å². The van der Waals surface area contributed by atoms with Crippen molar-refractivity contribution in [2.75, 3.05) is 6.61 Å². The fraction of sp³-hybridized carbons (Fsp3) is 0.625. The van der Waals surface area contributed by atoms with Crippen LogP contribution in [-0.4, -0.2) is 18.3 Å². The van der Waals surface area contributed by atoms with Crippen LogP contribution < -0.4 is 4.74 Å². The fourth-order valence-corrected chi connectivity index (χ4v) is 3.69. The normalized spacial score (nSPS) is 24.4. The van der Waals surface area contributed by atoms with Crippen molar-refractivity contribution >= 4 is 15.9 Å². The minimum atomic E-state index is -0.253. The van der Waals surface area contributed by atoms with E-state index in [0.717, 1.165) is 18.4 Å². The first-order valence-corrected chi connectivity index (χ1v) is 8.47. The molecule has 1 heterocycles. The van der Waals surface area contributed by atoms with E-state index in [2.05, 4.69) is 15.9 Å². The quantitative estimate of drug-likeness (QED) is 0.745. The summed E-state index contributed by atoms with van der Waals surface area (Å²) in [7, 11) is 0. The predicted octanol–water partition coefficient (Wildman–Crippen LogP) is 4.59. The van der Waals surface area contributed by atoms with Crippen molar-refractivity contribution in [3.63, 3.8) is 0 Å². The van der Waals surface area contributed by atoms with E-state index in [0.29, 0.717) is 17.7 Å². The lowest BCUT2D eigenvalue weighted by Crippen LogP contribution is -2.27. The van der Waals surface area contributed by atoms with E-state index in [1.54, 1.807) is 0 Å². The third kappa shape index (κ3) is 3.17. The van der Waals surface area contributed by atoms with Gasteiger partial charge in [0.2, 0.25) is 0 Å². The molecule has 4 heteroatoms. The second-order valence-corrected chi connectivity index (χ2v) is 6.47. The van der Waals surface area contributed by atoms with E-state index in [9.17, 15) is 4.39 Å². The molecule has 0 amide bonds. The lowest BCUT2D eigenvalue weighted by molar-refractivity contribution is -0.0509. The van der Waals surface area contributed by atoms with Crippen LogP contribution in [0.5, 0.6) is 5.75 Å². The highest BCUT2D eigenvalue weighted by atomic mass is 79.9. The largest absolute Gasteiger partial charge is 0.491 e. The lowest BCUT2D eigenvalue weighted by atomic mass is 9.98. The number of ether oxygens (including phenoxy) is 2. The first-order valence-electron chi connectivity index (χ1n) is 7.35. The molecule has 1 aliphatic heterocycles. The maximum Gasteiger partial charge on any atom is 0.127 e. The van der Waals surface area contributed by atoms with Gasteiger partial charge in [-0.25, -0.2) is 4.39 Å². The van der Waals surface area contributed by atoms with E-state index < -0.39 is 0 Å². The molecule has 1 unspecified atom stereocenters. The Kier molecular flexibility index (Phi) is 4.32. The molecule has 1 spiro atoms. The highest BCUT2D eigenvalue weighted by Crippen LogP contribution is 2.43. The van der Waals surface area contributed by atoms with Gasteiger partial charge in [0.1, 0.15) is 18.2 Å². The van der Waals surface area contributed by atoms with Gasteiger partial charge in [-0.05, 0) is 43.4 Å². The standard InChI is InChI=1S/C16H20BrFO2/c17-10-12-7-13(18)9-15(8-12)19-11-14-3-6-16(20-14)4-1-2-5-16/h7-9,14H,1-6,10-11H2. The van der Waals surface area contributed by atoms with Crippen LogP contribution in [0.2, 0.25) is 0 Å². The van der Waals surface area contributed by atoms with Gasteiger partial charge in [0.25, 0.3) is 0 Å². The van der Waals surface area contributed by atoms with Gasteiger partial charge in [0.15, 0.2) is 0 Å². The molecule has 2 nitrogen and oxygen atoms in total. The van der Waals surface area contributed by atoms with Gasteiger partial charge >= 0.3 is 0 Å². The molecule has 0 radical (unpaired) electrons. The second-order valence-electron chi connectivity index (χ2n) is 5.91. The van der Waals surface area contributed by atoms with E-state index in [-0.39, 0.29) is 17.5 Å².